The van der Waals surface area contributed by atoms with Crippen LogP contribution in [0.25, 0.3) is 0 Å². The fraction of sp³-hybridized carbons (Fsp3) is 0.632. The van der Waals surface area contributed by atoms with Gasteiger partial charge in [-0.3, -0.25) is 4.79 Å². The number of nitrogens with zero attached hydrogens (tertiary/aromatic N) is 1. The van der Waals surface area contributed by atoms with Crippen LogP contribution in [-0.2, 0) is 9.53 Å². The van der Waals surface area contributed by atoms with Gasteiger partial charge in [-0.2, -0.15) is 0 Å². The number of piperidine rings is 1. The van der Waals surface area contributed by atoms with Crippen molar-refractivity contribution in [3.05, 3.63) is 29.3 Å². The van der Waals surface area contributed by atoms with Gasteiger partial charge in [-0.15, -0.1) is 0 Å². The Labute approximate surface area is 144 Å². The number of benzene rings is 1. The van der Waals surface area contributed by atoms with E-state index in [9.17, 15) is 9.90 Å². The van der Waals surface area contributed by atoms with Crippen LogP contribution in [0.5, 0.6) is 5.75 Å². The number of aliphatic hydroxyl groups excluding tert-OH is 1. The van der Waals surface area contributed by atoms with Gasteiger partial charge in [0.15, 0.2) is 0 Å². The van der Waals surface area contributed by atoms with Crippen LogP contribution < -0.4 is 4.74 Å². The third kappa shape index (κ3) is 5.49. The minimum absolute atomic E-state index is 0.00420. The van der Waals surface area contributed by atoms with Crippen LogP contribution in [0.2, 0.25) is 0 Å². The molecular weight excluding hydrogens is 306 g/mol. The maximum absolute atomic E-state index is 11.7. The SMILES string of the molecule is CCOC(=O)C1CCN(CC(O)COc2cc(C)ccc2C)CC1. The van der Waals surface area contributed by atoms with Crippen molar-refractivity contribution >= 4 is 5.97 Å². The van der Waals surface area contributed by atoms with Gasteiger partial charge in [-0.05, 0) is 63.9 Å². The summed E-state index contributed by atoms with van der Waals surface area (Å²) < 4.78 is 10.8. The molecule has 0 aliphatic carbocycles. The maximum Gasteiger partial charge on any atom is 0.309 e. The second-order valence-corrected chi connectivity index (χ2v) is 6.56. The molecular formula is C19H29NO4. The van der Waals surface area contributed by atoms with Gasteiger partial charge >= 0.3 is 5.97 Å². The van der Waals surface area contributed by atoms with E-state index in [1.54, 1.807) is 0 Å². The Hall–Kier alpha value is -1.59. The van der Waals surface area contributed by atoms with Crippen LogP contribution in [0.3, 0.4) is 0 Å². The molecule has 1 fully saturated rings. The number of likely N-dealkylation sites (tertiary alicyclic amines) is 1. The number of carbonyl (C=O) groups is 1. The Morgan fingerprint density at radius 2 is 2.04 bits per heavy atom. The number of rotatable bonds is 7. The largest absolute Gasteiger partial charge is 0.491 e. The molecule has 1 aliphatic heterocycles. The number of esters is 1. The normalized spacial score (nSPS) is 17.5. The number of hydrogen-bond acceptors (Lipinski definition) is 5. The quantitative estimate of drug-likeness (QED) is 0.775. The van der Waals surface area contributed by atoms with E-state index in [4.69, 9.17) is 9.47 Å². The Balaban J connectivity index is 1.72. The van der Waals surface area contributed by atoms with E-state index < -0.39 is 6.10 Å². The molecule has 5 nitrogen and oxygen atoms in total. The van der Waals surface area contributed by atoms with E-state index in [2.05, 4.69) is 4.90 Å². The lowest BCUT2D eigenvalue weighted by Crippen LogP contribution is -2.42. The van der Waals surface area contributed by atoms with Crippen molar-refractivity contribution in [1.82, 2.24) is 4.90 Å². The third-order valence-corrected chi connectivity index (χ3v) is 4.45. The van der Waals surface area contributed by atoms with Crippen molar-refractivity contribution in [3.8, 4) is 5.75 Å². The van der Waals surface area contributed by atoms with Gasteiger partial charge in [-0.1, -0.05) is 12.1 Å². The van der Waals surface area contributed by atoms with Crippen LogP contribution in [0.4, 0.5) is 0 Å². The summed E-state index contributed by atoms with van der Waals surface area (Å²) in [5, 5.41) is 10.2. The van der Waals surface area contributed by atoms with Gasteiger partial charge in [-0.25, -0.2) is 0 Å². The van der Waals surface area contributed by atoms with Crippen molar-refractivity contribution in [3.63, 3.8) is 0 Å². The Morgan fingerprint density at radius 1 is 1.33 bits per heavy atom. The molecule has 0 bridgehead atoms. The van der Waals surface area contributed by atoms with Gasteiger partial charge in [0.05, 0.1) is 12.5 Å². The predicted molar refractivity (Wildman–Crippen MR) is 93.2 cm³/mol. The smallest absolute Gasteiger partial charge is 0.309 e. The number of carbonyl (C=O) groups excluding carboxylic acids is 1. The summed E-state index contributed by atoms with van der Waals surface area (Å²) in [4.78, 5) is 13.9. The van der Waals surface area contributed by atoms with Crippen LogP contribution in [0, 0.1) is 19.8 Å². The standard InChI is InChI=1S/C19H29NO4/c1-4-23-19(22)16-7-9-20(10-8-16)12-17(21)13-24-18-11-14(2)5-6-15(18)3/h5-6,11,16-17,21H,4,7-10,12-13H2,1-3H3. The lowest BCUT2D eigenvalue weighted by atomic mass is 9.97. The van der Waals surface area contributed by atoms with Crippen LogP contribution in [0.15, 0.2) is 18.2 Å². The van der Waals surface area contributed by atoms with E-state index in [-0.39, 0.29) is 18.5 Å². The molecule has 1 aromatic rings. The molecule has 1 saturated heterocycles. The van der Waals surface area contributed by atoms with Gasteiger partial charge in [0.2, 0.25) is 0 Å². The van der Waals surface area contributed by atoms with Crippen LogP contribution in [-0.4, -0.2) is 54.9 Å². The second-order valence-electron chi connectivity index (χ2n) is 6.56. The molecule has 1 atom stereocenters. The summed E-state index contributed by atoms with van der Waals surface area (Å²) in [5.41, 5.74) is 2.22. The molecule has 24 heavy (non-hydrogen) atoms. The molecule has 0 saturated carbocycles. The maximum atomic E-state index is 11.7. The van der Waals surface area contributed by atoms with Gasteiger partial charge in [0, 0.05) is 6.54 Å². The van der Waals surface area contributed by atoms with Gasteiger partial charge in [0.1, 0.15) is 18.5 Å². The van der Waals surface area contributed by atoms with Crippen molar-refractivity contribution in [2.45, 2.75) is 39.7 Å². The van der Waals surface area contributed by atoms with Crippen molar-refractivity contribution < 1.29 is 19.4 Å². The number of aliphatic hydroxyl groups is 1. The number of ether oxygens (including phenoxy) is 2. The summed E-state index contributed by atoms with van der Waals surface area (Å²) in [6.07, 6.45) is 1.05. The first-order valence-electron chi connectivity index (χ1n) is 8.76. The summed E-state index contributed by atoms with van der Waals surface area (Å²) in [6.45, 7) is 8.76. The van der Waals surface area contributed by atoms with Crippen molar-refractivity contribution in [1.29, 1.82) is 0 Å². The number of β-amino-alcohol motifs (C(OH)–C–C–N with tert-alkyl or cyclic N) is 1. The molecule has 1 heterocycles. The van der Waals surface area contributed by atoms with E-state index in [1.165, 1.54) is 0 Å². The molecule has 1 aromatic carbocycles. The second kappa shape index (κ2) is 9.04. The fourth-order valence-corrected chi connectivity index (χ4v) is 3.01. The molecule has 5 heteroatoms. The van der Waals surface area contributed by atoms with Crippen LogP contribution in [0.1, 0.15) is 30.9 Å². The van der Waals surface area contributed by atoms with Gasteiger partial charge in [0.25, 0.3) is 0 Å². The first-order chi connectivity index (χ1) is 11.5. The zero-order valence-electron chi connectivity index (χ0n) is 15.0. The molecule has 1 unspecified atom stereocenters. The highest BCUT2D eigenvalue weighted by Crippen LogP contribution is 2.21. The number of aryl methyl sites for hydroxylation is 2. The van der Waals surface area contributed by atoms with E-state index in [1.807, 2.05) is 39.0 Å². The molecule has 0 spiro atoms. The minimum atomic E-state index is -0.538. The average Bonchev–Trinajstić information content (AvgIpc) is 2.56. The van der Waals surface area contributed by atoms with E-state index >= 15 is 0 Å². The summed E-state index contributed by atoms with van der Waals surface area (Å²) >= 11 is 0. The summed E-state index contributed by atoms with van der Waals surface area (Å²) in [7, 11) is 0. The highest BCUT2D eigenvalue weighted by Gasteiger charge is 2.26. The highest BCUT2D eigenvalue weighted by atomic mass is 16.5. The molecule has 134 valence electrons. The van der Waals surface area contributed by atoms with Gasteiger partial charge < -0.3 is 19.5 Å². The monoisotopic (exact) mass is 335 g/mol. The fourth-order valence-electron chi connectivity index (χ4n) is 3.01. The van der Waals surface area contributed by atoms with Crippen LogP contribution >= 0.6 is 0 Å². The Bertz CT molecular complexity index is 538. The highest BCUT2D eigenvalue weighted by molar-refractivity contribution is 5.72. The molecule has 1 N–H and O–H groups in total. The first-order valence-corrected chi connectivity index (χ1v) is 8.76. The first kappa shape index (κ1) is 18.7. The third-order valence-electron chi connectivity index (χ3n) is 4.45. The van der Waals surface area contributed by atoms with Crippen molar-refractivity contribution in [2.75, 3.05) is 32.8 Å². The topological polar surface area (TPSA) is 59.0 Å². The Morgan fingerprint density at radius 3 is 2.71 bits per heavy atom. The molecule has 2 rings (SSSR count). The molecule has 0 amide bonds. The lowest BCUT2D eigenvalue weighted by Gasteiger charge is -2.32. The Kier molecular flexibility index (Phi) is 7.06. The zero-order chi connectivity index (χ0) is 17.5. The van der Waals surface area contributed by atoms with E-state index in [0.717, 1.165) is 42.8 Å². The zero-order valence-corrected chi connectivity index (χ0v) is 15.0. The molecule has 1 aliphatic rings. The predicted octanol–water partition coefficient (Wildman–Crippen LogP) is 2.32. The lowest BCUT2D eigenvalue weighted by molar-refractivity contribution is -0.149. The molecule has 0 radical (unpaired) electrons. The molecule has 0 aromatic heterocycles. The van der Waals surface area contributed by atoms with Crippen molar-refractivity contribution in [2.24, 2.45) is 5.92 Å². The van der Waals surface area contributed by atoms with E-state index in [0.29, 0.717) is 13.2 Å². The summed E-state index contributed by atoms with van der Waals surface area (Å²) in [6, 6.07) is 6.07. The number of hydrogen-bond donors (Lipinski definition) is 1. The average molecular weight is 335 g/mol. The summed E-state index contributed by atoms with van der Waals surface area (Å²) in [5.74, 6) is 0.746. The minimum Gasteiger partial charge on any atom is -0.491 e.